The van der Waals surface area contributed by atoms with E-state index in [1.165, 1.54) is 6.07 Å². The van der Waals surface area contributed by atoms with Crippen LogP contribution in [0.3, 0.4) is 0 Å². The molecule has 1 spiro atoms. The van der Waals surface area contributed by atoms with E-state index < -0.39 is 46.6 Å². The molecule has 11 heteroatoms. The lowest BCUT2D eigenvalue weighted by molar-refractivity contribution is -0.126. The molecule has 0 unspecified atom stereocenters. The Balaban J connectivity index is 1.16. The van der Waals surface area contributed by atoms with Gasteiger partial charge in [0.1, 0.15) is 17.0 Å². The van der Waals surface area contributed by atoms with Crippen LogP contribution >= 0.6 is 0 Å². The molecular weight excluding hydrogens is 651 g/mol. The van der Waals surface area contributed by atoms with Crippen LogP contribution in [0.25, 0.3) is 11.1 Å². The van der Waals surface area contributed by atoms with Crippen molar-refractivity contribution >= 4 is 29.6 Å². The minimum Gasteiger partial charge on any atom is -0.444 e. The van der Waals surface area contributed by atoms with E-state index in [2.05, 4.69) is 6.07 Å². The summed E-state index contributed by atoms with van der Waals surface area (Å²) in [5.41, 5.74) is 1.28. The molecule has 2 saturated heterocycles. The average molecular weight is 701 g/mol. The van der Waals surface area contributed by atoms with Gasteiger partial charge in [0.05, 0.1) is 23.4 Å². The highest BCUT2D eigenvalue weighted by molar-refractivity contribution is 6.08. The van der Waals surface area contributed by atoms with Crippen molar-refractivity contribution in [3.05, 3.63) is 53.3 Å². The van der Waals surface area contributed by atoms with Crippen molar-refractivity contribution in [2.24, 2.45) is 11.8 Å². The predicted molar refractivity (Wildman–Crippen MR) is 189 cm³/mol. The maximum absolute atomic E-state index is 15.7. The van der Waals surface area contributed by atoms with Crippen LogP contribution in [-0.4, -0.2) is 77.1 Å². The lowest BCUT2D eigenvalue weighted by atomic mass is 9.73. The number of piperidine rings is 2. The van der Waals surface area contributed by atoms with Crippen LogP contribution in [0.1, 0.15) is 91.2 Å². The Morgan fingerprint density at radius 1 is 0.961 bits per heavy atom. The summed E-state index contributed by atoms with van der Waals surface area (Å²) in [6.45, 7) is 11.6. The molecule has 0 radical (unpaired) electrons. The number of amides is 3. The molecule has 0 aromatic heterocycles. The monoisotopic (exact) mass is 700 g/mol. The molecule has 3 fully saturated rings. The van der Waals surface area contributed by atoms with Gasteiger partial charge in [-0.3, -0.25) is 14.5 Å². The second-order valence-corrected chi connectivity index (χ2v) is 16.7. The van der Waals surface area contributed by atoms with Gasteiger partial charge >= 0.3 is 12.2 Å². The van der Waals surface area contributed by atoms with Crippen molar-refractivity contribution in [1.29, 1.82) is 5.26 Å². The SMILES string of the molecule is CN1C(=O)C2(CCN(C(=O)OC(C)(C)C)CC2)c2cc(-c3ccc(C[C@@H](C#N)CC(=O)[C@@H]4[C@H]5CC[C@H](C5)N4C(=O)OC(C)(C)C)c(F)c3)ccc21. The van der Waals surface area contributed by atoms with Crippen LogP contribution < -0.4 is 4.90 Å². The molecule has 3 amide bonds. The zero-order valence-corrected chi connectivity index (χ0v) is 30.8. The van der Waals surface area contributed by atoms with E-state index in [0.29, 0.717) is 37.1 Å². The van der Waals surface area contributed by atoms with Crippen LogP contribution in [0.5, 0.6) is 0 Å². The molecule has 2 bridgehead atoms. The van der Waals surface area contributed by atoms with Crippen LogP contribution in [0.15, 0.2) is 36.4 Å². The Kier molecular flexibility index (Phi) is 9.45. The molecule has 2 aromatic rings. The van der Waals surface area contributed by atoms with Crippen molar-refractivity contribution < 1.29 is 33.0 Å². The normalized spacial score (nSPS) is 22.9. The van der Waals surface area contributed by atoms with E-state index in [9.17, 15) is 24.4 Å². The van der Waals surface area contributed by atoms with Crippen LogP contribution in [0.4, 0.5) is 19.7 Å². The Morgan fingerprint density at radius 3 is 2.22 bits per heavy atom. The summed E-state index contributed by atoms with van der Waals surface area (Å²) >= 11 is 0. The van der Waals surface area contributed by atoms with Crippen molar-refractivity contribution in [2.45, 2.75) is 115 Å². The van der Waals surface area contributed by atoms with Crippen LogP contribution in [0.2, 0.25) is 0 Å². The lowest BCUT2D eigenvalue weighted by Crippen LogP contribution is -2.51. The zero-order chi connectivity index (χ0) is 37.0. The summed E-state index contributed by atoms with van der Waals surface area (Å²) in [5, 5.41) is 10.0. The third-order valence-corrected chi connectivity index (χ3v) is 10.9. The fraction of sp³-hybridized carbons (Fsp3) is 0.575. The maximum Gasteiger partial charge on any atom is 0.411 e. The van der Waals surface area contributed by atoms with Crippen molar-refractivity contribution in [3.63, 3.8) is 0 Å². The summed E-state index contributed by atoms with van der Waals surface area (Å²) in [6, 6.07) is 12.1. The molecule has 51 heavy (non-hydrogen) atoms. The van der Waals surface area contributed by atoms with E-state index in [4.69, 9.17) is 9.47 Å². The number of carbonyl (C=O) groups excluding carboxylic acids is 4. The highest BCUT2D eigenvalue weighted by Crippen LogP contribution is 2.49. The number of anilines is 1. The number of fused-ring (bicyclic) bond motifs is 4. The smallest absolute Gasteiger partial charge is 0.411 e. The predicted octanol–water partition coefficient (Wildman–Crippen LogP) is 7.17. The van der Waals surface area contributed by atoms with E-state index in [1.807, 2.05) is 39.0 Å². The molecule has 10 nitrogen and oxygen atoms in total. The average Bonchev–Trinajstić information content (AvgIpc) is 3.73. The van der Waals surface area contributed by atoms with E-state index in [1.54, 1.807) is 54.7 Å². The third kappa shape index (κ3) is 7.07. The minimum absolute atomic E-state index is 0.0169. The highest BCUT2D eigenvalue weighted by Gasteiger charge is 2.53. The first kappa shape index (κ1) is 36.3. The summed E-state index contributed by atoms with van der Waals surface area (Å²) in [7, 11) is 1.76. The standard InChI is InChI=1S/C40H49FN4O6/c1-38(2,3)50-36(48)44-16-14-40(15-17-44)30-21-25(11-13-32(30)43(7)35(40)47)26-8-9-27(31(41)22-26)18-24(23-42)19-33(46)34-28-10-12-29(20-28)45(34)37(49)51-39(4,5)6/h8-9,11,13,21-22,24,28-29,34H,10,12,14-20H2,1-7H3/t24-,28+,29-,34+/m1/s1. The third-order valence-electron chi connectivity index (χ3n) is 10.9. The topological polar surface area (TPSA) is 120 Å². The molecular formula is C40H49FN4O6. The van der Waals surface area contributed by atoms with Crippen molar-refractivity contribution in [2.75, 3.05) is 25.0 Å². The molecule has 3 heterocycles. The first-order chi connectivity index (χ1) is 23.9. The molecule has 3 aliphatic heterocycles. The number of carbonyl (C=O) groups is 4. The van der Waals surface area contributed by atoms with E-state index >= 15 is 4.39 Å². The van der Waals surface area contributed by atoms with Gasteiger partial charge in [0, 0.05) is 38.3 Å². The minimum atomic E-state index is -0.790. The molecule has 0 N–H and O–H groups in total. The second-order valence-electron chi connectivity index (χ2n) is 16.7. The molecule has 4 aliphatic rings. The van der Waals surface area contributed by atoms with Gasteiger partial charge in [-0.05, 0) is 126 Å². The Bertz CT molecular complexity index is 1780. The van der Waals surface area contributed by atoms with Gasteiger partial charge in [-0.1, -0.05) is 18.2 Å². The first-order valence-electron chi connectivity index (χ1n) is 18.0. The number of benzene rings is 2. The van der Waals surface area contributed by atoms with Crippen LogP contribution in [0, 0.1) is 29.0 Å². The maximum atomic E-state index is 15.7. The highest BCUT2D eigenvalue weighted by atomic mass is 19.1. The number of likely N-dealkylation sites (tertiary alicyclic amines) is 2. The lowest BCUT2D eigenvalue weighted by Gasteiger charge is -2.38. The Labute approximate surface area is 299 Å². The summed E-state index contributed by atoms with van der Waals surface area (Å²) in [5.74, 6) is -1.39. The van der Waals surface area contributed by atoms with Gasteiger partial charge in [-0.15, -0.1) is 0 Å². The fourth-order valence-corrected chi connectivity index (χ4v) is 8.48. The summed E-state index contributed by atoms with van der Waals surface area (Å²) in [4.78, 5) is 58.0. The molecule has 1 aliphatic carbocycles. The number of hydrogen-bond acceptors (Lipinski definition) is 7. The number of hydrogen-bond donors (Lipinski definition) is 0. The Hall–Kier alpha value is -4.46. The number of rotatable bonds is 6. The number of ether oxygens (including phenoxy) is 2. The summed E-state index contributed by atoms with van der Waals surface area (Å²) < 4.78 is 26.9. The first-order valence-corrected chi connectivity index (χ1v) is 18.0. The van der Waals surface area contributed by atoms with Crippen LogP contribution in [-0.2, 0) is 30.9 Å². The zero-order valence-electron chi connectivity index (χ0n) is 30.8. The number of halogens is 1. The second kappa shape index (κ2) is 13.3. The van der Waals surface area contributed by atoms with Gasteiger partial charge < -0.3 is 19.3 Å². The van der Waals surface area contributed by atoms with Crippen molar-refractivity contribution in [3.8, 4) is 17.2 Å². The van der Waals surface area contributed by atoms with Gasteiger partial charge in [0.15, 0.2) is 5.78 Å². The number of likely N-dealkylation sites (N-methyl/N-ethyl adjacent to an activating group) is 1. The summed E-state index contributed by atoms with van der Waals surface area (Å²) in [6.07, 6.45) is 2.43. The fourth-order valence-electron chi connectivity index (χ4n) is 8.48. The number of Topliss-reactive ketones (excluding diaryl/α,β-unsaturated/α-hetero) is 1. The molecule has 4 atom stereocenters. The van der Waals surface area contributed by atoms with Crippen molar-refractivity contribution in [1.82, 2.24) is 9.80 Å². The number of ketones is 1. The number of nitrogens with zero attached hydrogens (tertiary/aromatic N) is 4. The van der Waals surface area contributed by atoms with Gasteiger partial charge in [-0.25, -0.2) is 14.0 Å². The van der Waals surface area contributed by atoms with Gasteiger partial charge in [0.2, 0.25) is 5.91 Å². The Morgan fingerprint density at radius 2 is 1.59 bits per heavy atom. The van der Waals surface area contributed by atoms with E-state index in [-0.39, 0.29) is 36.5 Å². The largest absolute Gasteiger partial charge is 0.444 e. The van der Waals surface area contributed by atoms with Gasteiger partial charge in [0.25, 0.3) is 0 Å². The van der Waals surface area contributed by atoms with Gasteiger partial charge in [-0.2, -0.15) is 5.26 Å². The molecule has 2 aromatic carbocycles. The van der Waals surface area contributed by atoms with E-state index in [0.717, 1.165) is 36.1 Å². The molecule has 272 valence electrons. The molecule has 1 saturated carbocycles. The number of nitriles is 1. The molecule has 6 rings (SSSR count). The quantitative estimate of drug-likeness (QED) is 0.314.